The molecule has 0 radical (unpaired) electrons. The van der Waals surface area contributed by atoms with E-state index in [0.717, 1.165) is 12.8 Å². The summed E-state index contributed by atoms with van der Waals surface area (Å²) >= 11 is 0. The maximum atomic E-state index is 12.3. The van der Waals surface area contributed by atoms with Crippen LogP contribution in [0.15, 0.2) is 23.1 Å². The van der Waals surface area contributed by atoms with E-state index < -0.39 is 10.0 Å². The van der Waals surface area contributed by atoms with Gasteiger partial charge >= 0.3 is 0 Å². The van der Waals surface area contributed by atoms with Crippen molar-refractivity contribution in [1.82, 2.24) is 10.0 Å². The molecule has 0 bridgehead atoms. The highest BCUT2D eigenvalue weighted by Gasteiger charge is 2.18. The zero-order valence-corrected chi connectivity index (χ0v) is 16.2. The molecule has 146 valence electrons. The van der Waals surface area contributed by atoms with E-state index in [0.29, 0.717) is 23.8 Å². The van der Waals surface area contributed by atoms with Crippen molar-refractivity contribution >= 4 is 15.9 Å². The first-order chi connectivity index (χ1) is 12.5. The SMILES string of the molecule is COc1ccc(S(=O)(=O)NCCNC(=O)CC2CCCCC2)cc1OC. The number of benzene rings is 1. The Morgan fingerprint density at radius 1 is 1.08 bits per heavy atom. The molecule has 8 heteroatoms. The zero-order chi connectivity index (χ0) is 19.0. The fourth-order valence-corrected chi connectivity index (χ4v) is 4.23. The Labute approximate surface area is 155 Å². The van der Waals surface area contributed by atoms with Gasteiger partial charge in [0, 0.05) is 25.6 Å². The molecular weight excluding hydrogens is 356 g/mol. The van der Waals surface area contributed by atoms with Gasteiger partial charge in [0.15, 0.2) is 11.5 Å². The largest absolute Gasteiger partial charge is 0.493 e. The van der Waals surface area contributed by atoms with Gasteiger partial charge in [-0.2, -0.15) is 0 Å². The molecule has 0 spiro atoms. The normalized spacial score (nSPS) is 15.5. The number of nitrogens with one attached hydrogen (secondary N) is 2. The molecule has 1 aromatic carbocycles. The van der Waals surface area contributed by atoms with Crippen LogP contribution in [-0.4, -0.2) is 41.6 Å². The molecule has 2 rings (SSSR count). The van der Waals surface area contributed by atoms with Crippen LogP contribution in [-0.2, 0) is 14.8 Å². The van der Waals surface area contributed by atoms with Crippen molar-refractivity contribution in [3.63, 3.8) is 0 Å². The van der Waals surface area contributed by atoms with Gasteiger partial charge in [0.2, 0.25) is 15.9 Å². The van der Waals surface area contributed by atoms with Crippen LogP contribution in [0.5, 0.6) is 11.5 Å². The fourth-order valence-electron chi connectivity index (χ4n) is 3.18. The van der Waals surface area contributed by atoms with E-state index >= 15 is 0 Å². The average Bonchev–Trinajstić information content (AvgIpc) is 2.65. The summed E-state index contributed by atoms with van der Waals surface area (Å²) in [7, 11) is -0.746. The van der Waals surface area contributed by atoms with E-state index in [1.165, 1.54) is 45.6 Å². The van der Waals surface area contributed by atoms with Crippen LogP contribution in [0.2, 0.25) is 0 Å². The highest BCUT2D eigenvalue weighted by Crippen LogP contribution is 2.29. The second-order valence-corrected chi connectivity index (χ2v) is 8.24. The van der Waals surface area contributed by atoms with Gasteiger partial charge in [0.05, 0.1) is 19.1 Å². The molecule has 1 fully saturated rings. The third kappa shape index (κ3) is 5.88. The molecule has 26 heavy (non-hydrogen) atoms. The number of sulfonamides is 1. The lowest BCUT2D eigenvalue weighted by Gasteiger charge is -2.20. The summed E-state index contributed by atoms with van der Waals surface area (Å²) in [6, 6.07) is 4.40. The van der Waals surface area contributed by atoms with Crippen molar-refractivity contribution in [3.8, 4) is 11.5 Å². The Morgan fingerprint density at radius 3 is 2.42 bits per heavy atom. The second kappa shape index (κ2) is 9.78. The summed E-state index contributed by atoms with van der Waals surface area (Å²) in [5.41, 5.74) is 0. The van der Waals surface area contributed by atoms with Gasteiger partial charge in [0.25, 0.3) is 0 Å². The predicted molar refractivity (Wildman–Crippen MR) is 98.9 cm³/mol. The number of amides is 1. The third-order valence-corrected chi connectivity index (χ3v) is 6.06. The lowest BCUT2D eigenvalue weighted by Crippen LogP contribution is -2.35. The number of carbonyl (C=O) groups is 1. The number of methoxy groups -OCH3 is 2. The Kier molecular flexibility index (Phi) is 7.71. The molecule has 0 aliphatic heterocycles. The first kappa shape index (κ1) is 20.5. The van der Waals surface area contributed by atoms with E-state index in [2.05, 4.69) is 10.0 Å². The summed E-state index contributed by atoms with van der Waals surface area (Å²) in [4.78, 5) is 12.0. The van der Waals surface area contributed by atoms with E-state index in [9.17, 15) is 13.2 Å². The summed E-state index contributed by atoms with van der Waals surface area (Å²) in [6.45, 7) is 0.394. The van der Waals surface area contributed by atoms with Crippen LogP contribution in [0.3, 0.4) is 0 Å². The number of carbonyl (C=O) groups excluding carboxylic acids is 1. The fraction of sp³-hybridized carbons (Fsp3) is 0.611. The van der Waals surface area contributed by atoms with Crippen molar-refractivity contribution in [2.75, 3.05) is 27.3 Å². The minimum Gasteiger partial charge on any atom is -0.493 e. The summed E-state index contributed by atoms with van der Waals surface area (Å²) in [5, 5.41) is 2.78. The van der Waals surface area contributed by atoms with E-state index in [-0.39, 0.29) is 23.9 Å². The Morgan fingerprint density at radius 2 is 1.77 bits per heavy atom. The molecule has 0 aromatic heterocycles. The second-order valence-electron chi connectivity index (χ2n) is 6.47. The molecule has 0 unspecified atom stereocenters. The van der Waals surface area contributed by atoms with Crippen molar-refractivity contribution < 1.29 is 22.7 Å². The first-order valence-corrected chi connectivity index (χ1v) is 10.4. The lowest BCUT2D eigenvalue weighted by atomic mass is 9.87. The molecule has 1 amide bonds. The van der Waals surface area contributed by atoms with Crippen LogP contribution in [0.4, 0.5) is 0 Å². The molecule has 1 aliphatic carbocycles. The number of rotatable bonds is 9. The first-order valence-electron chi connectivity index (χ1n) is 8.94. The lowest BCUT2D eigenvalue weighted by molar-refractivity contribution is -0.122. The van der Waals surface area contributed by atoms with Crippen LogP contribution in [0.1, 0.15) is 38.5 Å². The maximum Gasteiger partial charge on any atom is 0.240 e. The van der Waals surface area contributed by atoms with Crippen LogP contribution >= 0.6 is 0 Å². The van der Waals surface area contributed by atoms with Gasteiger partial charge in [-0.25, -0.2) is 13.1 Å². The minimum atomic E-state index is -3.68. The van der Waals surface area contributed by atoms with Crippen molar-refractivity contribution in [1.29, 1.82) is 0 Å². The Bertz CT molecular complexity index is 700. The van der Waals surface area contributed by atoms with Crippen molar-refractivity contribution in [2.45, 2.75) is 43.4 Å². The standard InChI is InChI=1S/C18H28N2O5S/c1-24-16-9-8-15(13-17(16)25-2)26(22,23)20-11-10-19-18(21)12-14-6-4-3-5-7-14/h8-9,13-14,20H,3-7,10-12H2,1-2H3,(H,19,21). The Balaban J connectivity index is 1.79. The summed E-state index contributed by atoms with van der Waals surface area (Å²) in [5.74, 6) is 1.26. The number of hydrogen-bond donors (Lipinski definition) is 2. The molecule has 0 atom stereocenters. The minimum absolute atomic E-state index is 0.0118. The Hall–Kier alpha value is -1.80. The molecular formula is C18H28N2O5S. The van der Waals surface area contributed by atoms with Gasteiger partial charge in [-0.15, -0.1) is 0 Å². The third-order valence-electron chi connectivity index (χ3n) is 4.60. The van der Waals surface area contributed by atoms with Crippen LogP contribution in [0.25, 0.3) is 0 Å². The zero-order valence-electron chi connectivity index (χ0n) is 15.4. The van der Waals surface area contributed by atoms with Crippen LogP contribution in [0, 0.1) is 5.92 Å². The van der Waals surface area contributed by atoms with E-state index in [1.54, 1.807) is 6.07 Å². The molecule has 1 aromatic rings. The highest BCUT2D eigenvalue weighted by atomic mass is 32.2. The van der Waals surface area contributed by atoms with Crippen molar-refractivity contribution in [3.05, 3.63) is 18.2 Å². The summed E-state index contributed by atoms with van der Waals surface area (Å²) < 4.78 is 37.4. The molecule has 7 nitrogen and oxygen atoms in total. The quantitative estimate of drug-likeness (QED) is 0.636. The molecule has 0 saturated heterocycles. The maximum absolute atomic E-state index is 12.3. The predicted octanol–water partition coefficient (Wildman–Crippen LogP) is 2.07. The smallest absolute Gasteiger partial charge is 0.240 e. The monoisotopic (exact) mass is 384 g/mol. The average molecular weight is 384 g/mol. The van der Waals surface area contributed by atoms with Gasteiger partial charge < -0.3 is 14.8 Å². The number of ether oxygens (including phenoxy) is 2. The van der Waals surface area contributed by atoms with Gasteiger partial charge in [0.1, 0.15) is 0 Å². The molecule has 1 aliphatic rings. The van der Waals surface area contributed by atoms with Gasteiger partial charge in [-0.1, -0.05) is 19.3 Å². The summed E-state index contributed by atoms with van der Waals surface area (Å²) in [6.07, 6.45) is 6.41. The van der Waals surface area contributed by atoms with Crippen molar-refractivity contribution in [2.24, 2.45) is 5.92 Å². The highest BCUT2D eigenvalue weighted by molar-refractivity contribution is 7.89. The van der Waals surface area contributed by atoms with Gasteiger partial charge in [-0.3, -0.25) is 4.79 Å². The van der Waals surface area contributed by atoms with E-state index in [4.69, 9.17) is 9.47 Å². The molecule has 0 heterocycles. The number of hydrogen-bond acceptors (Lipinski definition) is 5. The molecule has 1 saturated carbocycles. The molecule has 2 N–H and O–H groups in total. The van der Waals surface area contributed by atoms with E-state index in [1.807, 2.05) is 0 Å². The van der Waals surface area contributed by atoms with Gasteiger partial charge in [-0.05, 0) is 30.9 Å². The van der Waals surface area contributed by atoms with Crippen LogP contribution < -0.4 is 19.5 Å². The topological polar surface area (TPSA) is 93.7 Å².